The van der Waals surface area contributed by atoms with E-state index in [-0.39, 0.29) is 38.9 Å². The third kappa shape index (κ3) is 5.21. The van der Waals surface area contributed by atoms with Gasteiger partial charge in [-0.2, -0.15) is 18.4 Å². The minimum atomic E-state index is -4.54. The Hall–Kier alpha value is -4.82. The number of fused-ring (bicyclic) bond motifs is 1. The highest BCUT2D eigenvalue weighted by Crippen LogP contribution is 2.40. The minimum absolute atomic E-state index is 0.0779. The number of alkyl halides is 3. The Labute approximate surface area is 227 Å². The lowest BCUT2D eigenvalue weighted by Gasteiger charge is -2.15. The van der Waals surface area contributed by atoms with Gasteiger partial charge in [0.05, 0.1) is 34.9 Å². The molecule has 0 radical (unpaired) electrons. The largest absolute Gasteiger partial charge is 0.496 e. The maximum atomic E-state index is 13.3. The van der Waals surface area contributed by atoms with Crippen LogP contribution in [0.5, 0.6) is 5.75 Å². The van der Waals surface area contributed by atoms with Crippen molar-refractivity contribution in [2.45, 2.75) is 16.8 Å². The lowest BCUT2D eigenvalue weighted by atomic mass is 9.94. The Bertz CT molecular complexity index is 1890. The summed E-state index contributed by atoms with van der Waals surface area (Å²) in [5.74, 6) is 0.0881. The molecule has 0 N–H and O–H groups in total. The van der Waals surface area contributed by atoms with Gasteiger partial charge >= 0.3 is 6.18 Å². The van der Waals surface area contributed by atoms with Crippen LogP contribution >= 0.6 is 0 Å². The Morgan fingerprint density at radius 3 is 2.38 bits per heavy atom. The molecule has 7 nitrogen and oxygen atoms in total. The van der Waals surface area contributed by atoms with E-state index in [2.05, 4.69) is 21.0 Å². The number of benzene rings is 3. The molecule has 0 fully saturated rings. The van der Waals surface area contributed by atoms with Crippen LogP contribution in [0, 0.1) is 11.3 Å². The summed E-state index contributed by atoms with van der Waals surface area (Å²) in [4.78, 5) is 12.5. The number of hydrogen-bond acceptors (Lipinski definition) is 7. The van der Waals surface area contributed by atoms with E-state index in [4.69, 9.17) is 4.74 Å². The van der Waals surface area contributed by atoms with Crippen molar-refractivity contribution in [3.8, 4) is 34.2 Å². The van der Waals surface area contributed by atoms with E-state index >= 15 is 0 Å². The van der Waals surface area contributed by atoms with Crippen LogP contribution in [0.4, 0.5) is 13.2 Å². The molecule has 0 atom stereocenters. The number of pyridine rings is 1. The van der Waals surface area contributed by atoms with Gasteiger partial charge in [-0.05, 0) is 59.5 Å². The monoisotopic (exact) mass is 560 g/mol. The van der Waals surface area contributed by atoms with E-state index in [0.29, 0.717) is 22.0 Å². The third-order valence-electron chi connectivity index (χ3n) is 6.25. The first-order valence-electron chi connectivity index (χ1n) is 11.8. The third-order valence-corrected chi connectivity index (χ3v) is 7.86. The predicted molar refractivity (Wildman–Crippen MR) is 142 cm³/mol. The number of hydrogen-bond donors (Lipinski definition) is 0. The maximum absolute atomic E-state index is 13.3. The number of ether oxygens (including phenoxy) is 1. The summed E-state index contributed by atoms with van der Waals surface area (Å²) in [6, 6.07) is 17.6. The number of nitriles is 1. The summed E-state index contributed by atoms with van der Waals surface area (Å²) < 4.78 is 71.6. The van der Waals surface area contributed by atoms with Crippen molar-refractivity contribution < 1.29 is 26.3 Å². The average molecular weight is 561 g/mol. The Kier molecular flexibility index (Phi) is 6.95. The quantitative estimate of drug-likeness (QED) is 0.242. The van der Waals surface area contributed by atoms with E-state index in [1.54, 1.807) is 18.2 Å². The van der Waals surface area contributed by atoms with Crippen LogP contribution in [0.25, 0.3) is 33.2 Å². The van der Waals surface area contributed by atoms with E-state index in [1.165, 1.54) is 62.1 Å². The standard InChI is InChI=1S/C29H19F3N4O3S/c1-39-26-15-24(18-4-2-5-21(12-18)29(30,31)32)20(16-33)14-25(26)28-23-7-6-22(13-19(23)8-11-36-28)40(37,38)17-27-34-9-3-10-35-27/h2-15H,17H2,1H3. The smallest absolute Gasteiger partial charge is 0.416 e. The van der Waals surface area contributed by atoms with Gasteiger partial charge < -0.3 is 4.74 Å². The Morgan fingerprint density at radius 2 is 1.68 bits per heavy atom. The molecule has 2 heterocycles. The SMILES string of the molecule is COc1cc(-c2cccc(C(F)(F)F)c2)c(C#N)cc1-c1nccc2cc(S(=O)(=O)Cc3ncccn3)ccc12. The number of halogens is 3. The number of nitrogens with zero attached hydrogens (tertiary/aromatic N) is 4. The van der Waals surface area contributed by atoms with Crippen molar-refractivity contribution >= 4 is 20.6 Å². The van der Waals surface area contributed by atoms with Crippen molar-refractivity contribution in [3.63, 3.8) is 0 Å². The van der Waals surface area contributed by atoms with Gasteiger partial charge in [0.1, 0.15) is 17.3 Å². The highest BCUT2D eigenvalue weighted by Gasteiger charge is 2.31. The first-order chi connectivity index (χ1) is 19.1. The summed E-state index contributed by atoms with van der Waals surface area (Å²) in [6.45, 7) is 0. The van der Waals surface area contributed by atoms with E-state index in [9.17, 15) is 26.9 Å². The molecule has 5 aromatic rings. The fourth-order valence-corrected chi connectivity index (χ4v) is 5.59. The molecule has 0 amide bonds. The number of aromatic nitrogens is 3. The van der Waals surface area contributed by atoms with Gasteiger partial charge in [0, 0.05) is 35.1 Å². The summed E-state index contributed by atoms with van der Waals surface area (Å²) >= 11 is 0. The summed E-state index contributed by atoms with van der Waals surface area (Å²) in [7, 11) is -2.34. The van der Waals surface area contributed by atoms with Gasteiger partial charge in [-0.1, -0.05) is 18.2 Å². The fraction of sp³-hybridized carbons (Fsp3) is 0.103. The van der Waals surface area contributed by atoms with Crippen LogP contribution in [0.3, 0.4) is 0 Å². The van der Waals surface area contributed by atoms with Crippen molar-refractivity contribution in [1.29, 1.82) is 5.26 Å². The first-order valence-corrected chi connectivity index (χ1v) is 13.4. The second-order valence-corrected chi connectivity index (χ2v) is 10.7. The molecule has 11 heteroatoms. The molecule has 3 aromatic carbocycles. The van der Waals surface area contributed by atoms with Crippen LogP contribution in [-0.4, -0.2) is 30.5 Å². The van der Waals surface area contributed by atoms with Crippen molar-refractivity contribution in [2.24, 2.45) is 0 Å². The number of sulfone groups is 1. The van der Waals surface area contributed by atoms with Crippen LogP contribution < -0.4 is 4.74 Å². The highest BCUT2D eigenvalue weighted by atomic mass is 32.2. The van der Waals surface area contributed by atoms with Gasteiger partial charge in [0.2, 0.25) is 0 Å². The second-order valence-electron chi connectivity index (χ2n) is 8.76. The molecule has 5 rings (SSSR count). The predicted octanol–water partition coefficient (Wildman–Crippen LogP) is 6.23. The molecule has 0 aliphatic rings. The van der Waals surface area contributed by atoms with Crippen molar-refractivity contribution in [3.05, 3.63) is 102 Å². The van der Waals surface area contributed by atoms with Gasteiger partial charge in [-0.15, -0.1) is 0 Å². The molecule has 0 saturated heterocycles. The lowest BCUT2D eigenvalue weighted by molar-refractivity contribution is -0.137. The van der Waals surface area contributed by atoms with Crippen LogP contribution in [0.15, 0.2) is 90.2 Å². The zero-order chi connectivity index (χ0) is 28.5. The maximum Gasteiger partial charge on any atom is 0.416 e. The minimum Gasteiger partial charge on any atom is -0.496 e. The van der Waals surface area contributed by atoms with Crippen LogP contribution in [-0.2, 0) is 21.8 Å². The molecule has 0 aliphatic carbocycles. The van der Waals surface area contributed by atoms with E-state index in [0.717, 1.165) is 12.1 Å². The average Bonchev–Trinajstić information content (AvgIpc) is 2.95. The van der Waals surface area contributed by atoms with Crippen molar-refractivity contribution in [1.82, 2.24) is 15.0 Å². The van der Waals surface area contributed by atoms with Crippen molar-refractivity contribution in [2.75, 3.05) is 7.11 Å². The number of methoxy groups -OCH3 is 1. The van der Waals surface area contributed by atoms with Gasteiger partial charge in [0.15, 0.2) is 9.84 Å². The van der Waals surface area contributed by atoms with Crippen LogP contribution in [0.1, 0.15) is 17.0 Å². The fourth-order valence-electron chi connectivity index (χ4n) is 4.35. The topological polar surface area (TPSA) is 106 Å². The molecule has 200 valence electrons. The molecule has 0 saturated carbocycles. The zero-order valence-electron chi connectivity index (χ0n) is 20.8. The second kappa shape index (κ2) is 10.4. The zero-order valence-corrected chi connectivity index (χ0v) is 21.7. The highest BCUT2D eigenvalue weighted by molar-refractivity contribution is 7.90. The lowest BCUT2D eigenvalue weighted by Crippen LogP contribution is -2.07. The molecule has 0 aliphatic heterocycles. The van der Waals surface area contributed by atoms with Gasteiger partial charge in [0.25, 0.3) is 0 Å². The molecule has 0 bridgehead atoms. The Balaban J connectivity index is 1.61. The summed E-state index contributed by atoms with van der Waals surface area (Å²) in [5, 5.41) is 11.1. The first kappa shape index (κ1) is 26.8. The molecular weight excluding hydrogens is 541 g/mol. The normalized spacial score (nSPS) is 11.8. The molecule has 40 heavy (non-hydrogen) atoms. The molecular formula is C29H19F3N4O3S. The molecule has 2 aromatic heterocycles. The number of rotatable bonds is 6. The van der Waals surface area contributed by atoms with Gasteiger partial charge in [-0.3, -0.25) is 4.98 Å². The van der Waals surface area contributed by atoms with Crippen LogP contribution in [0.2, 0.25) is 0 Å². The Morgan fingerprint density at radius 1 is 0.900 bits per heavy atom. The van der Waals surface area contributed by atoms with E-state index in [1.807, 2.05) is 0 Å². The molecule has 0 unspecified atom stereocenters. The summed E-state index contributed by atoms with van der Waals surface area (Å²) in [6.07, 6.45) is -0.102. The van der Waals surface area contributed by atoms with E-state index < -0.39 is 21.6 Å². The van der Waals surface area contributed by atoms with Gasteiger partial charge in [-0.25, -0.2) is 18.4 Å². The molecule has 0 spiro atoms. The summed E-state index contributed by atoms with van der Waals surface area (Å²) in [5.41, 5.74) is 0.601.